The van der Waals surface area contributed by atoms with E-state index < -0.39 is 5.97 Å². The van der Waals surface area contributed by atoms with Gasteiger partial charge in [0.05, 0.1) is 16.3 Å². The molecule has 0 aliphatic carbocycles. The lowest BCUT2D eigenvalue weighted by Crippen LogP contribution is -2.16. The number of carboxylic acid groups (broad SMARTS) is 1. The van der Waals surface area contributed by atoms with Gasteiger partial charge in [-0.25, -0.2) is 19.7 Å². The van der Waals surface area contributed by atoms with Crippen LogP contribution >= 0.6 is 11.8 Å². The molecule has 0 atom stereocenters. The average molecular weight is 290 g/mol. The summed E-state index contributed by atoms with van der Waals surface area (Å²) in [6.07, 6.45) is 4.44. The number of hydrogen-bond acceptors (Lipinski definition) is 6. The Labute approximate surface area is 118 Å². The van der Waals surface area contributed by atoms with Crippen molar-refractivity contribution in [1.82, 2.24) is 15.0 Å². The van der Waals surface area contributed by atoms with E-state index in [2.05, 4.69) is 20.3 Å². The Balaban J connectivity index is 1.90. The Kier molecular flexibility index (Phi) is 4.61. The highest BCUT2D eigenvalue weighted by Crippen LogP contribution is 2.16. The van der Waals surface area contributed by atoms with Gasteiger partial charge in [0.1, 0.15) is 0 Å². The van der Waals surface area contributed by atoms with Gasteiger partial charge in [0.25, 0.3) is 0 Å². The summed E-state index contributed by atoms with van der Waals surface area (Å²) in [7, 11) is 0. The fourth-order valence-electron chi connectivity index (χ4n) is 1.29. The molecule has 2 aromatic rings. The fourth-order valence-corrected chi connectivity index (χ4v) is 1.98. The Morgan fingerprint density at radius 2 is 1.95 bits per heavy atom. The van der Waals surface area contributed by atoms with Gasteiger partial charge in [0.15, 0.2) is 0 Å². The molecule has 0 bridgehead atoms. The summed E-state index contributed by atoms with van der Waals surface area (Å²) in [5.41, 5.74) is 0.134. The molecule has 7 nitrogen and oxygen atoms in total. The third-order valence-corrected chi connectivity index (χ3v) is 3.08. The van der Waals surface area contributed by atoms with E-state index >= 15 is 0 Å². The molecule has 8 heteroatoms. The highest BCUT2D eigenvalue weighted by Gasteiger charge is 2.08. The molecule has 102 valence electrons. The number of aromatic carboxylic acids is 1. The maximum absolute atomic E-state index is 11.6. The first-order chi connectivity index (χ1) is 9.65. The van der Waals surface area contributed by atoms with E-state index in [-0.39, 0.29) is 23.2 Å². The van der Waals surface area contributed by atoms with Gasteiger partial charge in [-0.05, 0) is 18.2 Å². The van der Waals surface area contributed by atoms with Gasteiger partial charge >= 0.3 is 5.97 Å². The summed E-state index contributed by atoms with van der Waals surface area (Å²) in [4.78, 5) is 34.2. The van der Waals surface area contributed by atoms with Crippen molar-refractivity contribution in [3.05, 3.63) is 42.4 Å². The summed E-state index contributed by atoms with van der Waals surface area (Å²) >= 11 is 1.14. The molecule has 2 aromatic heterocycles. The van der Waals surface area contributed by atoms with E-state index in [1.165, 1.54) is 30.7 Å². The van der Waals surface area contributed by atoms with Crippen LogP contribution in [0, 0.1) is 0 Å². The summed E-state index contributed by atoms with van der Waals surface area (Å²) in [5, 5.41) is 11.8. The normalized spacial score (nSPS) is 10.0. The largest absolute Gasteiger partial charge is 0.478 e. The smallest absolute Gasteiger partial charge is 0.335 e. The maximum atomic E-state index is 11.6. The van der Waals surface area contributed by atoms with Crippen LogP contribution in [0.4, 0.5) is 5.95 Å². The minimum Gasteiger partial charge on any atom is -0.478 e. The number of carbonyl (C=O) groups is 2. The third-order valence-electron chi connectivity index (χ3n) is 2.15. The number of anilines is 1. The number of hydrogen-bond donors (Lipinski definition) is 2. The molecule has 0 fully saturated rings. The highest BCUT2D eigenvalue weighted by molar-refractivity contribution is 7.99. The molecule has 0 saturated heterocycles. The van der Waals surface area contributed by atoms with E-state index in [1.807, 2.05) is 0 Å². The first kappa shape index (κ1) is 13.9. The monoisotopic (exact) mass is 290 g/mol. The van der Waals surface area contributed by atoms with Crippen LogP contribution in [0.1, 0.15) is 10.4 Å². The fraction of sp³-hybridized carbons (Fsp3) is 0.0833. The SMILES string of the molecule is O=C(CSc1cc(C(=O)O)ccn1)Nc1ncccn1. The average Bonchev–Trinajstić information content (AvgIpc) is 2.46. The lowest BCUT2D eigenvalue weighted by molar-refractivity contribution is -0.113. The number of carbonyl (C=O) groups excluding carboxylic acids is 1. The molecule has 2 N–H and O–H groups in total. The van der Waals surface area contributed by atoms with Crippen molar-refractivity contribution in [1.29, 1.82) is 0 Å². The predicted molar refractivity (Wildman–Crippen MR) is 72.6 cm³/mol. The van der Waals surface area contributed by atoms with Crippen molar-refractivity contribution < 1.29 is 14.7 Å². The number of rotatable bonds is 5. The molecule has 2 rings (SSSR count). The minimum atomic E-state index is -1.03. The van der Waals surface area contributed by atoms with Gasteiger partial charge in [-0.2, -0.15) is 0 Å². The number of aromatic nitrogens is 3. The summed E-state index contributed by atoms with van der Waals surface area (Å²) < 4.78 is 0. The van der Waals surface area contributed by atoms with Crippen molar-refractivity contribution in [2.24, 2.45) is 0 Å². The Morgan fingerprint density at radius 3 is 2.65 bits per heavy atom. The zero-order chi connectivity index (χ0) is 14.4. The quantitative estimate of drug-likeness (QED) is 0.799. The van der Waals surface area contributed by atoms with Crippen LogP contribution < -0.4 is 5.32 Å². The molecule has 0 unspecified atom stereocenters. The zero-order valence-electron chi connectivity index (χ0n) is 10.2. The van der Waals surface area contributed by atoms with Crippen LogP contribution in [-0.4, -0.2) is 37.7 Å². The highest BCUT2D eigenvalue weighted by atomic mass is 32.2. The van der Waals surface area contributed by atoms with Crippen LogP contribution in [0.2, 0.25) is 0 Å². The van der Waals surface area contributed by atoms with Crippen molar-refractivity contribution in [2.45, 2.75) is 5.03 Å². The van der Waals surface area contributed by atoms with E-state index in [9.17, 15) is 9.59 Å². The molecule has 20 heavy (non-hydrogen) atoms. The van der Waals surface area contributed by atoms with Crippen LogP contribution in [0.3, 0.4) is 0 Å². The second-order valence-corrected chi connectivity index (χ2v) is 4.59. The molecule has 0 spiro atoms. The van der Waals surface area contributed by atoms with E-state index in [1.54, 1.807) is 6.07 Å². The molecule has 0 aliphatic rings. The van der Waals surface area contributed by atoms with Crippen LogP contribution in [0.25, 0.3) is 0 Å². The van der Waals surface area contributed by atoms with Crippen molar-refractivity contribution in [2.75, 3.05) is 11.1 Å². The van der Waals surface area contributed by atoms with E-state index in [4.69, 9.17) is 5.11 Å². The predicted octanol–water partition coefficient (Wildman–Crippen LogP) is 1.30. The standard InChI is InChI=1S/C12H10N4O3S/c17-9(16-12-14-3-1-4-15-12)7-20-10-6-8(11(18)19)2-5-13-10/h1-6H,7H2,(H,18,19)(H,14,15,16,17). The number of nitrogens with one attached hydrogen (secondary N) is 1. The van der Waals surface area contributed by atoms with Gasteiger partial charge in [0, 0.05) is 18.6 Å². The van der Waals surface area contributed by atoms with Crippen LogP contribution in [0.15, 0.2) is 41.8 Å². The lowest BCUT2D eigenvalue weighted by atomic mass is 10.3. The summed E-state index contributed by atoms with van der Waals surface area (Å²) in [5.74, 6) is -1.00. The third kappa shape index (κ3) is 4.02. The van der Waals surface area contributed by atoms with Crippen LogP contribution in [0.5, 0.6) is 0 Å². The molecule has 1 amide bonds. The Bertz CT molecular complexity index is 621. The van der Waals surface area contributed by atoms with Crippen molar-refractivity contribution >= 4 is 29.6 Å². The zero-order valence-corrected chi connectivity index (χ0v) is 11.0. The molecule has 2 heterocycles. The topological polar surface area (TPSA) is 105 Å². The number of nitrogens with zero attached hydrogens (tertiary/aromatic N) is 3. The number of amides is 1. The Morgan fingerprint density at radius 1 is 1.20 bits per heavy atom. The van der Waals surface area contributed by atoms with Crippen molar-refractivity contribution in [3.63, 3.8) is 0 Å². The van der Waals surface area contributed by atoms with Crippen LogP contribution in [-0.2, 0) is 4.79 Å². The first-order valence-corrected chi connectivity index (χ1v) is 6.53. The van der Waals surface area contributed by atoms with E-state index in [0.29, 0.717) is 5.03 Å². The van der Waals surface area contributed by atoms with E-state index in [0.717, 1.165) is 11.8 Å². The van der Waals surface area contributed by atoms with Gasteiger partial charge in [0.2, 0.25) is 11.9 Å². The summed E-state index contributed by atoms with van der Waals surface area (Å²) in [6, 6.07) is 4.45. The summed E-state index contributed by atoms with van der Waals surface area (Å²) in [6.45, 7) is 0. The molecule has 0 aliphatic heterocycles. The van der Waals surface area contributed by atoms with Gasteiger partial charge in [-0.3, -0.25) is 10.1 Å². The molecule has 0 aromatic carbocycles. The maximum Gasteiger partial charge on any atom is 0.335 e. The second-order valence-electron chi connectivity index (χ2n) is 3.60. The molecule has 0 saturated carbocycles. The van der Waals surface area contributed by atoms with Gasteiger partial charge in [-0.1, -0.05) is 11.8 Å². The Hall–Kier alpha value is -2.48. The number of pyridine rings is 1. The molecular weight excluding hydrogens is 280 g/mol. The van der Waals surface area contributed by atoms with Gasteiger partial charge in [-0.15, -0.1) is 0 Å². The number of thioether (sulfide) groups is 1. The van der Waals surface area contributed by atoms with Crippen molar-refractivity contribution in [3.8, 4) is 0 Å². The second kappa shape index (κ2) is 6.62. The first-order valence-electron chi connectivity index (χ1n) is 5.54. The number of carboxylic acids is 1. The lowest BCUT2D eigenvalue weighted by Gasteiger charge is -2.03. The van der Waals surface area contributed by atoms with Gasteiger partial charge < -0.3 is 5.11 Å². The minimum absolute atomic E-state index is 0.0916. The molecule has 0 radical (unpaired) electrons. The molecular formula is C12H10N4O3S.